The summed E-state index contributed by atoms with van der Waals surface area (Å²) in [6, 6.07) is 29.9. The van der Waals surface area contributed by atoms with E-state index in [-0.39, 0.29) is 13.2 Å². The molecule has 0 aliphatic heterocycles. The van der Waals surface area contributed by atoms with Gasteiger partial charge in [-0.15, -0.1) is 9.05 Å². The van der Waals surface area contributed by atoms with Crippen LogP contribution in [0, 0.1) is 0 Å². The first kappa shape index (κ1) is 35.8. The van der Waals surface area contributed by atoms with Crippen molar-refractivity contribution in [1.82, 2.24) is 5.32 Å². The second-order valence-electron chi connectivity index (χ2n) is 7.76. The Labute approximate surface area is 230 Å². The first-order valence-corrected chi connectivity index (χ1v) is 15.6. The Morgan fingerprint density at radius 2 is 1.24 bits per heavy atom. The second-order valence-corrected chi connectivity index (χ2v) is 11.3. The fraction of sp³-hybridized carbons (Fsp3) is 0.379. The molecule has 7 nitrogen and oxygen atoms in total. The summed E-state index contributed by atoms with van der Waals surface area (Å²) in [5, 5.41) is 3.39. The lowest BCUT2D eigenvalue weighted by molar-refractivity contribution is 0.243. The van der Waals surface area contributed by atoms with Gasteiger partial charge in [0.2, 0.25) is 7.37 Å². The molecule has 0 fully saturated rings. The molecule has 9 heteroatoms. The van der Waals surface area contributed by atoms with E-state index in [1.807, 2.05) is 85.8 Å². The van der Waals surface area contributed by atoms with Crippen LogP contribution in [0.5, 0.6) is 0 Å². The molecule has 0 saturated heterocycles. The molecule has 0 saturated carbocycles. The van der Waals surface area contributed by atoms with Gasteiger partial charge < -0.3 is 10.3 Å². The van der Waals surface area contributed by atoms with Gasteiger partial charge in [0.25, 0.3) is 0 Å². The van der Waals surface area contributed by atoms with Crippen LogP contribution in [0.1, 0.15) is 50.7 Å². The van der Waals surface area contributed by atoms with Crippen molar-refractivity contribution >= 4 is 15.6 Å². The number of hydrogen-bond donors (Lipinski definition) is 2. The van der Waals surface area contributed by atoms with Gasteiger partial charge in [0.1, 0.15) is 19.0 Å². The summed E-state index contributed by atoms with van der Waals surface area (Å²) in [5.41, 5.74) is 8.69. The van der Waals surface area contributed by atoms with E-state index in [9.17, 15) is 9.13 Å². The van der Waals surface area contributed by atoms with Gasteiger partial charge in [-0.2, -0.15) is 0 Å². The Bertz CT molecular complexity index is 1020. The standard InChI is InChI=1S/C17H22NO2P.C7H9N.C4H10O3P.CH4/c1-3-20-21(2,19)17(16-12-8-5-9-13-16)18-14-15-10-6-4-7-11-15;8-6-7-4-2-1-3-5-7;1-3-6-8(5)7-4-2;/h4-13,17-18H,3,14H2,1-2H3;1-5H,6,8H2;3-4H2,1-2H3;1H4/q;;+1;. The molecule has 2 atom stereocenters. The highest BCUT2D eigenvalue weighted by Gasteiger charge is 2.29. The topological polar surface area (TPSA) is 99.9 Å². The first-order chi connectivity index (χ1) is 17.9. The van der Waals surface area contributed by atoms with Crippen molar-refractivity contribution in [2.75, 3.05) is 26.5 Å². The van der Waals surface area contributed by atoms with Crippen molar-refractivity contribution in [3.8, 4) is 0 Å². The molecule has 0 bridgehead atoms. The normalized spacial score (nSPS) is 12.3. The predicted molar refractivity (Wildman–Crippen MR) is 160 cm³/mol. The molecule has 3 N–H and O–H groups in total. The van der Waals surface area contributed by atoms with E-state index in [0.717, 1.165) is 11.1 Å². The van der Waals surface area contributed by atoms with Crippen LogP contribution in [0.15, 0.2) is 91.0 Å². The SMILES string of the molecule is C.CCOP(C)(=O)C(NCc1ccccc1)c1ccccc1.CCO[P+](=O)OCC.NCc1ccccc1. The summed E-state index contributed by atoms with van der Waals surface area (Å²) in [4.78, 5) is 0. The highest BCUT2D eigenvalue weighted by molar-refractivity contribution is 7.58. The van der Waals surface area contributed by atoms with Crippen molar-refractivity contribution in [1.29, 1.82) is 0 Å². The molecule has 2 unspecified atom stereocenters. The van der Waals surface area contributed by atoms with Crippen LogP contribution in [0.3, 0.4) is 0 Å². The van der Waals surface area contributed by atoms with Crippen LogP contribution in [0.2, 0.25) is 0 Å². The van der Waals surface area contributed by atoms with Gasteiger partial charge in [-0.25, -0.2) is 0 Å². The van der Waals surface area contributed by atoms with Gasteiger partial charge in [-0.05, 0) is 37.5 Å². The Balaban J connectivity index is 0.000000664. The van der Waals surface area contributed by atoms with Crippen molar-refractivity contribution < 1.29 is 22.7 Å². The van der Waals surface area contributed by atoms with Crippen LogP contribution < -0.4 is 11.1 Å². The zero-order chi connectivity index (χ0) is 27.4. The predicted octanol–water partition coefficient (Wildman–Crippen LogP) is 7.92. The molecule has 0 aromatic heterocycles. The van der Waals surface area contributed by atoms with Crippen LogP contribution in [0.25, 0.3) is 0 Å². The van der Waals surface area contributed by atoms with Crippen molar-refractivity contribution in [2.24, 2.45) is 5.73 Å². The average molecular weight is 564 g/mol. The number of nitrogens with one attached hydrogen (secondary N) is 1. The van der Waals surface area contributed by atoms with E-state index in [1.54, 1.807) is 20.5 Å². The molecule has 3 aromatic rings. The van der Waals surface area contributed by atoms with Gasteiger partial charge in [-0.1, -0.05) is 98.4 Å². The Morgan fingerprint density at radius 1 is 0.789 bits per heavy atom. The second kappa shape index (κ2) is 21.7. The zero-order valence-corrected chi connectivity index (χ0v) is 24.1. The number of rotatable bonds is 12. The molecule has 0 spiro atoms. The summed E-state index contributed by atoms with van der Waals surface area (Å²) >= 11 is 0. The molecule has 38 heavy (non-hydrogen) atoms. The molecular weight excluding hydrogens is 518 g/mol. The molecule has 0 aliphatic carbocycles. The third-order valence-electron chi connectivity index (χ3n) is 4.86. The molecule has 0 aliphatic rings. The summed E-state index contributed by atoms with van der Waals surface area (Å²) in [5.74, 6) is -0.293. The molecule has 0 heterocycles. The molecule has 3 aromatic carbocycles. The largest absolute Gasteiger partial charge is 0.697 e. The van der Waals surface area contributed by atoms with E-state index in [1.165, 1.54) is 5.56 Å². The summed E-state index contributed by atoms with van der Waals surface area (Å²) in [6.45, 7) is 9.74. The fourth-order valence-corrected chi connectivity index (χ4v) is 5.49. The summed E-state index contributed by atoms with van der Waals surface area (Å²) in [7, 11) is -4.60. The Kier molecular flexibility index (Phi) is 20.4. The van der Waals surface area contributed by atoms with E-state index < -0.39 is 15.6 Å². The van der Waals surface area contributed by atoms with Crippen molar-refractivity contribution in [3.05, 3.63) is 108 Å². The van der Waals surface area contributed by atoms with Crippen molar-refractivity contribution in [3.63, 3.8) is 0 Å². The van der Waals surface area contributed by atoms with Crippen LogP contribution >= 0.6 is 15.6 Å². The maximum atomic E-state index is 12.9. The van der Waals surface area contributed by atoms with E-state index in [0.29, 0.717) is 32.9 Å². The first-order valence-electron chi connectivity index (χ1n) is 12.4. The minimum Gasteiger partial charge on any atom is -0.328 e. The highest BCUT2D eigenvalue weighted by Crippen LogP contribution is 2.55. The number of hydrogen-bond acceptors (Lipinski definition) is 7. The van der Waals surface area contributed by atoms with E-state index in [2.05, 4.69) is 26.5 Å². The lowest BCUT2D eigenvalue weighted by Gasteiger charge is -2.25. The van der Waals surface area contributed by atoms with Gasteiger partial charge in [-0.3, -0.25) is 9.88 Å². The number of nitrogens with two attached hydrogens (primary N) is 1. The lowest BCUT2D eigenvalue weighted by atomic mass is 10.2. The smallest absolute Gasteiger partial charge is 0.328 e. The monoisotopic (exact) mass is 563 g/mol. The van der Waals surface area contributed by atoms with Crippen molar-refractivity contribution in [2.45, 2.75) is 47.1 Å². The fourth-order valence-electron chi connectivity index (χ4n) is 3.19. The highest BCUT2D eigenvalue weighted by atomic mass is 31.2. The third kappa shape index (κ3) is 15.3. The van der Waals surface area contributed by atoms with Gasteiger partial charge >= 0.3 is 8.25 Å². The van der Waals surface area contributed by atoms with E-state index in [4.69, 9.17) is 10.3 Å². The minimum atomic E-state index is -2.77. The quantitative estimate of drug-likeness (QED) is 0.216. The Morgan fingerprint density at radius 3 is 1.63 bits per heavy atom. The molecule has 0 radical (unpaired) electrons. The molecular formula is C29H45N2O5P2+. The number of benzene rings is 3. The van der Waals surface area contributed by atoms with Gasteiger partial charge in [0.05, 0.1) is 6.61 Å². The lowest BCUT2D eigenvalue weighted by Crippen LogP contribution is -2.21. The third-order valence-corrected chi connectivity index (χ3v) is 7.99. The van der Waals surface area contributed by atoms with Crippen LogP contribution in [-0.2, 0) is 35.8 Å². The summed E-state index contributed by atoms with van der Waals surface area (Å²) in [6.07, 6.45) is 0. The van der Waals surface area contributed by atoms with Crippen LogP contribution in [-0.4, -0.2) is 26.5 Å². The zero-order valence-electron chi connectivity index (χ0n) is 22.3. The Hall–Kier alpha value is -2.21. The molecule has 210 valence electrons. The average Bonchev–Trinajstić information content (AvgIpc) is 2.91. The van der Waals surface area contributed by atoms with Crippen LogP contribution in [0.4, 0.5) is 0 Å². The van der Waals surface area contributed by atoms with Gasteiger partial charge in [0.15, 0.2) is 0 Å². The molecule has 0 amide bonds. The van der Waals surface area contributed by atoms with Gasteiger partial charge in [0, 0.05) is 24.3 Å². The van der Waals surface area contributed by atoms with E-state index >= 15 is 0 Å². The maximum absolute atomic E-state index is 12.9. The maximum Gasteiger partial charge on any atom is 0.697 e. The minimum absolute atomic E-state index is 0. The summed E-state index contributed by atoms with van der Waals surface area (Å²) < 4.78 is 37.9. The molecule has 3 rings (SSSR count).